The standard InChI is InChI=1S/C25H23NO5S.C8H17O6P/c1-16-20(26-24(31-16)17-7-5-4-6-8-17)11-13-30-21-10-9-18(23-19(21)12-14-32-23)15-22(28-2)25(27)29-3;1-5-13-15(10,14-6-2)8(12-4)7(9)11-3/h4-10,12,14-15H,11,13H2,1-3H3;8H,5-6H2,1-4H3/b22-15-;. The Hall–Kier alpha value is -4.00. The summed E-state index contributed by atoms with van der Waals surface area (Å²) in [5, 5.41) is 2.97. The van der Waals surface area contributed by atoms with Crippen molar-refractivity contribution in [3.05, 3.63) is 76.7 Å². The summed E-state index contributed by atoms with van der Waals surface area (Å²) < 4.78 is 54.1. The zero-order valence-electron chi connectivity index (χ0n) is 27.5. The van der Waals surface area contributed by atoms with Crippen LogP contribution in [0.25, 0.3) is 27.6 Å². The Morgan fingerprint density at radius 1 is 0.957 bits per heavy atom. The Morgan fingerprint density at radius 3 is 2.26 bits per heavy atom. The SMILES string of the molecule is CCOP(=O)(OCC)C(OC)C(=O)OC.COC(=O)/C(=C/c1ccc(OCCc2nc(-c3ccccc3)oc2C)c2ccsc12)OC. The molecular weight excluding hydrogens is 649 g/mol. The molecule has 4 rings (SSSR count). The fourth-order valence-electron chi connectivity index (χ4n) is 4.35. The molecule has 0 N–H and O–H groups in total. The van der Waals surface area contributed by atoms with E-state index in [1.54, 1.807) is 31.3 Å². The molecular formula is C33H40NO11PS. The topological polar surface area (TPSA) is 142 Å². The molecule has 0 saturated heterocycles. The Kier molecular flexibility index (Phi) is 14.6. The minimum atomic E-state index is -3.60. The molecule has 254 valence electrons. The highest BCUT2D eigenvalue weighted by atomic mass is 32.1. The van der Waals surface area contributed by atoms with Crippen molar-refractivity contribution >= 4 is 47.0 Å². The van der Waals surface area contributed by atoms with Crippen molar-refractivity contribution in [2.24, 2.45) is 0 Å². The predicted molar refractivity (Wildman–Crippen MR) is 178 cm³/mol. The molecule has 1 atom stereocenters. The van der Waals surface area contributed by atoms with E-state index in [-0.39, 0.29) is 19.0 Å². The number of aryl methyl sites for hydroxylation is 1. The number of ether oxygens (including phenoxy) is 5. The minimum absolute atomic E-state index is 0.145. The first kappa shape index (κ1) is 37.5. The van der Waals surface area contributed by atoms with E-state index in [1.807, 2.05) is 60.8 Å². The van der Waals surface area contributed by atoms with E-state index in [1.165, 1.54) is 28.4 Å². The van der Waals surface area contributed by atoms with Gasteiger partial charge < -0.3 is 37.1 Å². The lowest BCUT2D eigenvalue weighted by molar-refractivity contribution is -0.148. The van der Waals surface area contributed by atoms with E-state index >= 15 is 0 Å². The van der Waals surface area contributed by atoms with Gasteiger partial charge in [-0.15, -0.1) is 11.3 Å². The van der Waals surface area contributed by atoms with Crippen molar-refractivity contribution in [1.82, 2.24) is 4.98 Å². The summed E-state index contributed by atoms with van der Waals surface area (Å²) in [5.41, 5.74) is 2.70. The van der Waals surface area contributed by atoms with E-state index in [2.05, 4.69) is 9.72 Å². The summed E-state index contributed by atoms with van der Waals surface area (Å²) in [5.74, 6) is -0.287. The number of rotatable bonds is 15. The summed E-state index contributed by atoms with van der Waals surface area (Å²) >= 11 is 1.57. The van der Waals surface area contributed by atoms with Gasteiger partial charge in [0.05, 0.1) is 46.8 Å². The molecule has 0 fully saturated rings. The van der Waals surface area contributed by atoms with E-state index in [0.717, 1.165) is 38.4 Å². The molecule has 14 heteroatoms. The molecule has 47 heavy (non-hydrogen) atoms. The second-order valence-electron chi connectivity index (χ2n) is 9.49. The molecule has 0 aliphatic heterocycles. The maximum atomic E-state index is 12.1. The van der Waals surface area contributed by atoms with Gasteiger partial charge in [0.1, 0.15) is 11.5 Å². The highest BCUT2D eigenvalue weighted by molar-refractivity contribution is 7.55. The summed E-state index contributed by atoms with van der Waals surface area (Å²) in [4.78, 5) is 27.7. The number of thiophene rings is 1. The third-order valence-electron chi connectivity index (χ3n) is 6.54. The molecule has 0 bridgehead atoms. The molecule has 0 saturated carbocycles. The van der Waals surface area contributed by atoms with Crippen LogP contribution in [0.5, 0.6) is 5.75 Å². The smallest absolute Gasteiger partial charge is 0.373 e. The van der Waals surface area contributed by atoms with Gasteiger partial charge in [-0.3, -0.25) is 4.57 Å². The molecule has 12 nitrogen and oxygen atoms in total. The number of aromatic nitrogens is 1. The Labute approximate surface area is 278 Å². The molecule has 4 aromatic rings. The van der Waals surface area contributed by atoms with Crippen molar-refractivity contribution in [3.8, 4) is 17.2 Å². The second-order valence-corrected chi connectivity index (χ2v) is 12.5. The van der Waals surface area contributed by atoms with Crippen LogP contribution in [-0.2, 0) is 48.6 Å². The number of fused-ring (bicyclic) bond motifs is 1. The van der Waals surface area contributed by atoms with Crippen LogP contribution in [0.1, 0.15) is 30.9 Å². The van der Waals surface area contributed by atoms with Crippen LogP contribution in [0.4, 0.5) is 0 Å². The van der Waals surface area contributed by atoms with Gasteiger partial charge in [-0.1, -0.05) is 18.2 Å². The van der Waals surface area contributed by atoms with E-state index in [0.29, 0.717) is 18.9 Å². The van der Waals surface area contributed by atoms with Gasteiger partial charge in [0, 0.05) is 29.2 Å². The zero-order valence-corrected chi connectivity index (χ0v) is 29.2. The van der Waals surface area contributed by atoms with Crippen molar-refractivity contribution < 1.29 is 51.3 Å². The number of oxazole rings is 1. The first-order valence-corrected chi connectivity index (χ1v) is 17.1. The molecule has 0 amide bonds. The van der Waals surface area contributed by atoms with Crippen molar-refractivity contribution in [2.75, 3.05) is 48.3 Å². The molecule has 0 spiro atoms. The predicted octanol–water partition coefficient (Wildman–Crippen LogP) is 7.04. The Balaban J connectivity index is 0.000000339. The van der Waals surface area contributed by atoms with Crippen LogP contribution in [0.3, 0.4) is 0 Å². The van der Waals surface area contributed by atoms with Gasteiger partial charge in [-0.05, 0) is 68.1 Å². The van der Waals surface area contributed by atoms with Gasteiger partial charge in [-0.25, -0.2) is 14.6 Å². The summed E-state index contributed by atoms with van der Waals surface area (Å²) in [6.45, 7) is 6.00. The highest BCUT2D eigenvalue weighted by Gasteiger charge is 2.42. The van der Waals surface area contributed by atoms with E-state index in [9.17, 15) is 14.2 Å². The Morgan fingerprint density at radius 2 is 1.66 bits per heavy atom. The van der Waals surface area contributed by atoms with Crippen LogP contribution in [-0.4, -0.2) is 71.0 Å². The third-order valence-corrected chi connectivity index (χ3v) is 9.74. The molecule has 2 heterocycles. The van der Waals surface area contributed by atoms with Gasteiger partial charge in [-0.2, -0.15) is 0 Å². The minimum Gasteiger partial charge on any atom is -0.493 e. The van der Waals surface area contributed by atoms with Gasteiger partial charge >= 0.3 is 19.5 Å². The lowest BCUT2D eigenvalue weighted by Gasteiger charge is -2.22. The van der Waals surface area contributed by atoms with E-state index < -0.39 is 25.4 Å². The number of nitrogens with zero attached hydrogens (tertiary/aromatic N) is 1. The van der Waals surface area contributed by atoms with Crippen LogP contribution in [0, 0.1) is 6.92 Å². The number of hydrogen-bond donors (Lipinski definition) is 0. The number of carbonyl (C=O) groups excluding carboxylic acids is 2. The normalized spacial score (nSPS) is 12.2. The van der Waals surface area contributed by atoms with Gasteiger partial charge in [0.15, 0.2) is 0 Å². The molecule has 0 aliphatic carbocycles. The van der Waals surface area contributed by atoms with Gasteiger partial charge in [0.2, 0.25) is 11.6 Å². The molecule has 0 radical (unpaired) electrons. The van der Waals surface area contributed by atoms with Crippen LogP contribution in [0.2, 0.25) is 0 Å². The average molecular weight is 690 g/mol. The van der Waals surface area contributed by atoms with Crippen LogP contribution >= 0.6 is 18.9 Å². The van der Waals surface area contributed by atoms with Gasteiger partial charge in [0.25, 0.3) is 5.85 Å². The Bertz CT molecular complexity index is 1670. The monoisotopic (exact) mass is 689 g/mol. The van der Waals surface area contributed by atoms with Crippen molar-refractivity contribution in [1.29, 1.82) is 0 Å². The first-order valence-electron chi connectivity index (χ1n) is 14.6. The fraction of sp³-hybridized carbons (Fsp3) is 0.364. The summed E-state index contributed by atoms with van der Waals surface area (Å²) in [7, 11) is 1.59. The number of benzene rings is 2. The quantitative estimate of drug-likeness (QED) is 0.0547. The molecule has 1 unspecified atom stereocenters. The number of carbonyl (C=O) groups is 2. The van der Waals surface area contributed by atoms with Crippen LogP contribution in [0.15, 0.2) is 64.1 Å². The maximum Gasteiger partial charge on any atom is 0.373 e. The lowest BCUT2D eigenvalue weighted by atomic mass is 10.1. The average Bonchev–Trinajstić information content (AvgIpc) is 3.72. The number of hydrogen-bond acceptors (Lipinski definition) is 13. The molecule has 2 aromatic carbocycles. The third kappa shape index (κ3) is 9.75. The number of methoxy groups -OCH3 is 4. The largest absolute Gasteiger partial charge is 0.493 e. The summed E-state index contributed by atoms with van der Waals surface area (Å²) in [6.07, 6.45) is 2.31. The first-order chi connectivity index (χ1) is 22.7. The number of esters is 2. The highest BCUT2D eigenvalue weighted by Crippen LogP contribution is 2.53. The second kappa shape index (κ2) is 18.4. The fourth-order valence-corrected chi connectivity index (χ4v) is 6.94. The van der Waals surface area contributed by atoms with Crippen LogP contribution < -0.4 is 4.74 Å². The molecule has 2 aromatic heterocycles. The summed E-state index contributed by atoms with van der Waals surface area (Å²) in [6, 6.07) is 15.7. The zero-order chi connectivity index (χ0) is 34.4. The molecule has 0 aliphatic rings. The van der Waals surface area contributed by atoms with Crippen molar-refractivity contribution in [2.45, 2.75) is 33.0 Å². The maximum absolute atomic E-state index is 12.1. The van der Waals surface area contributed by atoms with E-state index in [4.69, 9.17) is 32.4 Å². The van der Waals surface area contributed by atoms with Crippen molar-refractivity contribution in [3.63, 3.8) is 0 Å². The lowest BCUT2D eigenvalue weighted by Crippen LogP contribution is -2.26.